The topological polar surface area (TPSA) is 46.5 Å². The zero-order chi connectivity index (χ0) is 16.0. The van der Waals surface area contributed by atoms with Crippen molar-refractivity contribution >= 4 is 5.97 Å². The lowest BCUT2D eigenvalue weighted by Crippen LogP contribution is -2.54. The van der Waals surface area contributed by atoms with Crippen LogP contribution in [-0.2, 0) is 11.2 Å². The third kappa shape index (κ3) is 2.54. The lowest BCUT2D eigenvalue weighted by Gasteiger charge is -2.61. The van der Waals surface area contributed by atoms with E-state index in [-0.39, 0.29) is 5.41 Å². The highest BCUT2D eigenvalue weighted by Gasteiger charge is 2.57. The Morgan fingerprint density at radius 2 is 1.65 bits per heavy atom. The number of methoxy groups -OCH3 is 1. The highest BCUT2D eigenvalue weighted by atomic mass is 16.5. The molecule has 1 aromatic carbocycles. The van der Waals surface area contributed by atoms with Gasteiger partial charge in [-0.05, 0) is 85.3 Å². The average molecular weight is 314 g/mol. The summed E-state index contributed by atoms with van der Waals surface area (Å²) in [4.78, 5) is 11.7. The minimum Gasteiger partial charge on any atom is -0.497 e. The maximum atomic E-state index is 11.7. The molecule has 5 rings (SSSR count). The fourth-order valence-corrected chi connectivity index (χ4v) is 6.17. The molecule has 0 atom stereocenters. The maximum Gasteiger partial charge on any atom is 0.303 e. The van der Waals surface area contributed by atoms with Crippen molar-refractivity contribution in [2.24, 2.45) is 29.1 Å². The smallest absolute Gasteiger partial charge is 0.303 e. The molecule has 4 bridgehead atoms. The summed E-state index contributed by atoms with van der Waals surface area (Å²) in [5, 5.41) is 9.60. The second-order valence-corrected chi connectivity index (χ2v) is 8.13. The predicted molar refractivity (Wildman–Crippen MR) is 88.4 cm³/mol. The maximum absolute atomic E-state index is 11.7. The molecule has 0 amide bonds. The molecule has 4 aliphatic carbocycles. The Kier molecular flexibility index (Phi) is 3.62. The van der Waals surface area contributed by atoms with Gasteiger partial charge in [0.2, 0.25) is 0 Å². The van der Waals surface area contributed by atoms with Gasteiger partial charge in [-0.3, -0.25) is 4.79 Å². The fraction of sp³-hybridized carbons (Fsp3) is 0.650. The summed E-state index contributed by atoms with van der Waals surface area (Å²) in [5.41, 5.74) is 1.24. The number of carbonyl (C=O) groups is 1. The first-order chi connectivity index (χ1) is 11.1. The van der Waals surface area contributed by atoms with Crippen molar-refractivity contribution in [1.29, 1.82) is 0 Å². The molecular weight excluding hydrogens is 288 g/mol. The van der Waals surface area contributed by atoms with Crippen LogP contribution >= 0.6 is 0 Å². The van der Waals surface area contributed by atoms with E-state index in [1.165, 1.54) is 37.7 Å². The molecule has 0 aromatic heterocycles. The van der Waals surface area contributed by atoms with Gasteiger partial charge in [0.1, 0.15) is 5.75 Å². The van der Waals surface area contributed by atoms with Crippen molar-refractivity contribution in [3.05, 3.63) is 29.8 Å². The van der Waals surface area contributed by atoms with Crippen LogP contribution in [0, 0.1) is 29.1 Å². The van der Waals surface area contributed by atoms with E-state index in [2.05, 4.69) is 12.1 Å². The highest BCUT2D eigenvalue weighted by Crippen LogP contribution is 2.64. The summed E-state index contributed by atoms with van der Waals surface area (Å²) >= 11 is 0. The van der Waals surface area contributed by atoms with Crippen molar-refractivity contribution in [1.82, 2.24) is 0 Å². The largest absolute Gasteiger partial charge is 0.497 e. The summed E-state index contributed by atoms with van der Waals surface area (Å²) in [6.07, 6.45) is 7.70. The van der Waals surface area contributed by atoms with E-state index in [1.54, 1.807) is 7.11 Å². The first-order valence-electron chi connectivity index (χ1n) is 8.94. The predicted octanol–water partition coefficient (Wildman–Crippen LogP) is 4.15. The van der Waals surface area contributed by atoms with Gasteiger partial charge in [-0.15, -0.1) is 0 Å². The van der Waals surface area contributed by atoms with Crippen LogP contribution in [0.4, 0.5) is 0 Å². The first kappa shape index (κ1) is 15.0. The van der Waals surface area contributed by atoms with Gasteiger partial charge >= 0.3 is 5.97 Å². The Labute approximate surface area is 138 Å². The van der Waals surface area contributed by atoms with Crippen LogP contribution < -0.4 is 4.74 Å². The van der Waals surface area contributed by atoms with Gasteiger partial charge in [-0.25, -0.2) is 0 Å². The zero-order valence-electron chi connectivity index (χ0n) is 13.8. The van der Waals surface area contributed by atoms with E-state index in [0.717, 1.165) is 24.0 Å². The van der Waals surface area contributed by atoms with Gasteiger partial charge in [0.25, 0.3) is 0 Å². The van der Waals surface area contributed by atoms with E-state index in [1.807, 2.05) is 12.1 Å². The van der Waals surface area contributed by atoms with Gasteiger partial charge in [0.15, 0.2) is 0 Å². The molecule has 0 radical (unpaired) electrons. The van der Waals surface area contributed by atoms with Gasteiger partial charge in [-0.1, -0.05) is 12.1 Å². The third-order valence-corrected chi connectivity index (χ3v) is 6.94. The molecule has 124 valence electrons. The molecule has 23 heavy (non-hydrogen) atoms. The fourth-order valence-electron chi connectivity index (χ4n) is 6.17. The van der Waals surface area contributed by atoms with E-state index in [9.17, 15) is 9.90 Å². The summed E-state index contributed by atoms with van der Waals surface area (Å²) in [6, 6.07) is 8.24. The number of carboxylic acids is 1. The van der Waals surface area contributed by atoms with E-state index < -0.39 is 5.97 Å². The monoisotopic (exact) mass is 314 g/mol. The lowest BCUT2D eigenvalue weighted by molar-refractivity contribution is -0.154. The molecule has 0 spiro atoms. The van der Waals surface area contributed by atoms with Crippen LogP contribution in [0.25, 0.3) is 0 Å². The number of hydrogen-bond donors (Lipinski definition) is 1. The van der Waals surface area contributed by atoms with E-state index in [4.69, 9.17) is 4.74 Å². The molecule has 3 nitrogen and oxygen atoms in total. The molecule has 0 saturated heterocycles. The summed E-state index contributed by atoms with van der Waals surface area (Å²) in [6.45, 7) is 0. The van der Waals surface area contributed by atoms with Crippen LogP contribution in [-0.4, -0.2) is 18.2 Å². The quantitative estimate of drug-likeness (QED) is 0.888. The zero-order valence-corrected chi connectivity index (χ0v) is 13.8. The summed E-state index contributed by atoms with van der Waals surface area (Å²) < 4.78 is 5.25. The Morgan fingerprint density at radius 1 is 1.09 bits per heavy atom. The van der Waals surface area contributed by atoms with Crippen LogP contribution in [0.1, 0.15) is 44.1 Å². The molecule has 0 heterocycles. The van der Waals surface area contributed by atoms with Gasteiger partial charge in [0, 0.05) is 0 Å². The molecule has 4 saturated carbocycles. The van der Waals surface area contributed by atoms with Crippen molar-refractivity contribution in [2.45, 2.75) is 44.9 Å². The van der Waals surface area contributed by atoms with Crippen LogP contribution in [0.2, 0.25) is 0 Å². The first-order valence-corrected chi connectivity index (χ1v) is 8.94. The number of aliphatic carboxylic acids is 1. The average Bonchev–Trinajstić information content (AvgIpc) is 2.52. The van der Waals surface area contributed by atoms with Crippen molar-refractivity contribution in [2.75, 3.05) is 7.11 Å². The van der Waals surface area contributed by atoms with Gasteiger partial charge in [0.05, 0.1) is 13.5 Å². The van der Waals surface area contributed by atoms with E-state index >= 15 is 0 Å². The number of ether oxygens (including phenoxy) is 1. The van der Waals surface area contributed by atoms with Crippen LogP contribution in [0.15, 0.2) is 24.3 Å². The second kappa shape index (κ2) is 5.54. The normalized spacial score (nSPS) is 37.8. The van der Waals surface area contributed by atoms with E-state index in [0.29, 0.717) is 18.3 Å². The lowest BCUT2D eigenvalue weighted by atomic mass is 9.43. The van der Waals surface area contributed by atoms with Gasteiger partial charge in [-0.2, -0.15) is 0 Å². The molecule has 4 aliphatic rings. The Bertz CT molecular complexity index is 561. The Morgan fingerprint density at radius 3 is 2.13 bits per heavy atom. The molecule has 1 aromatic rings. The SMILES string of the molecule is COc1ccc(CC2(CC(=O)O)C3CC4CC(C3)CC2C4)cc1. The highest BCUT2D eigenvalue weighted by molar-refractivity contribution is 5.68. The Balaban J connectivity index is 1.65. The third-order valence-electron chi connectivity index (χ3n) is 6.94. The number of hydrogen-bond acceptors (Lipinski definition) is 2. The minimum atomic E-state index is -0.619. The molecule has 3 heteroatoms. The standard InChI is InChI=1S/C20H26O3/c1-23-18-4-2-13(3-5-18)11-20(12-19(21)22)16-7-14-6-15(9-16)10-17(20)8-14/h2-5,14-17H,6-12H2,1H3,(H,21,22). The number of rotatable bonds is 5. The van der Waals surface area contributed by atoms with Crippen LogP contribution in [0.3, 0.4) is 0 Å². The van der Waals surface area contributed by atoms with Crippen molar-refractivity contribution in [3.8, 4) is 5.75 Å². The summed E-state index contributed by atoms with van der Waals surface area (Å²) in [7, 11) is 1.68. The molecule has 4 fully saturated rings. The van der Waals surface area contributed by atoms with Gasteiger partial charge < -0.3 is 9.84 Å². The second-order valence-electron chi connectivity index (χ2n) is 8.13. The number of benzene rings is 1. The molecule has 0 unspecified atom stereocenters. The minimum absolute atomic E-state index is 0.0200. The number of carboxylic acid groups (broad SMARTS) is 1. The van der Waals surface area contributed by atoms with Crippen LogP contribution in [0.5, 0.6) is 5.75 Å². The molecular formula is C20H26O3. The molecule has 1 N–H and O–H groups in total. The van der Waals surface area contributed by atoms with Crippen molar-refractivity contribution in [3.63, 3.8) is 0 Å². The molecule has 0 aliphatic heterocycles. The Hall–Kier alpha value is -1.51. The van der Waals surface area contributed by atoms with Crippen molar-refractivity contribution < 1.29 is 14.6 Å². The summed E-state index contributed by atoms with van der Waals surface area (Å²) in [5.74, 6) is 3.21.